The molecular weight excluding hydrogens is 663 g/mol. The molecule has 1 aliphatic rings. The van der Waals surface area contributed by atoms with Crippen molar-refractivity contribution in [3.8, 4) is 33.8 Å². The molecule has 0 amide bonds. The predicted molar refractivity (Wildman–Crippen MR) is 220 cm³/mol. The van der Waals surface area contributed by atoms with Crippen LogP contribution >= 0.6 is 0 Å². The molecule has 5 heteroatoms. The summed E-state index contributed by atoms with van der Waals surface area (Å²) in [5, 5.41) is 2.94. The van der Waals surface area contributed by atoms with Crippen LogP contribution in [0.4, 0.5) is 17.1 Å². The van der Waals surface area contributed by atoms with E-state index in [1.807, 2.05) is 48.5 Å². The van der Waals surface area contributed by atoms with Crippen LogP contribution in [0.25, 0.3) is 77.8 Å². The highest BCUT2D eigenvalue weighted by atomic mass is 16.3. The number of fused-ring (bicyclic) bond motifs is 9. The van der Waals surface area contributed by atoms with Crippen molar-refractivity contribution in [3.05, 3.63) is 175 Å². The molecule has 0 N–H and O–H groups in total. The Morgan fingerprint density at radius 3 is 2.04 bits per heavy atom. The van der Waals surface area contributed by atoms with Gasteiger partial charge in [-0.15, -0.1) is 0 Å². The number of para-hydroxylation sites is 2. The zero-order chi connectivity index (χ0) is 36.0. The summed E-state index contributed by atoms with van der Waals surface area (Å²) < 4.78 is 13.1. The Kier molecular flexibility index (Phi) is 6.53. The molecule has 0 atom stereocenters. The molecule has 3 aromatic heterocycles. The minimum absolute atomic E-state index is 0.113. The van der Waals surface area contributed by atoms with Crippen LogP contribution in [0.1, 0.15) is 25.0 Å². The van der Waals surface area contributed by atoms with E-state index in [0.717, 1.165) is 72.3 Å². The Hall–Kier alpha value is -6.98. The van der Waals surface area contributed by atoms with Gasteiger partial charge in [0.1, 0.15) is 28.0 Å². The topological polar surface area (TPSA) is 55.3 Å². The maximum absolute atomic E-state index is 6.68. The lowest BCUT2D eigenvalue weighted by Gasteiger charge is -2.28. The average molecular weight is 696 g/mol. The van der Waals surface area contributed by atoms with E-state index in [0.29, 0.717) is 11.4 Å². The minimum atomic E-state index is -0.113. The van der Waals surface area contributed by atoms with Crippen LogP contribution in [0.2, 0.25) is 0 Å². The normalized spacial score (nSPS) is 13.1. The Balaban J connectivity index is 1.09. The summed E-state index contributed by atoms with van der Waals surface area (Å²) in [6.07, 6.45) is 0. The van der Waals surface area contributed by atoms with Crippen molar-refractivity contribution in [1.82, 2.24) is 9.97 Å². The van der Waals surface area contributed by atoms with Gasteiger partial charge in [-0.1, -0.05) is 117 Å². The first-order chi connectivity index (χ1) is 26.5. The third-order valence-electron chi connectivity index (χ3n) is 11.1. The van der Waals surface area contributed by atoms with E-state index in [1.165, 1.54) is 22.3 Å². The quantitative estimate of drug-likeness (QED) is 0.179. The van der Waals surface area contributed by atoms with Gasteiger partial charge in [0, 0.05) is 55.8 Å². The summed E-state index contributed by atoms with van der Waals surface area (Å²) in [6, 6.07) is 57.1. The highest BCUT2D eigenvalue weighted by molar-refractivity contribution is 6.14. The number of benzene rings is 7. The Bertz CT molecular complexity index is 3090. The van der Waals surface area contributed by atoms with Gasteiger partial charge in [-0.3, -0.25) is 0 Å². The summed E-state index contributed by atoms with van der Waals surface area (Å²) in [5.74, 6) is 0.623. The van der Waals surface area contributed by atoms with Crippen molar-refractivity contribution in [3.63, 3.8) is 0 Å². The number of rotatable bonds is 5. The van der Waals surface area contributed by atoms with Gasteiger partial charge in [0.05, 0.1) is 0 Å². The number of aromatic nitrogens is 2. The van der Waals surface area contributed by atoms with Crippen LogP contribution < -0.4 is 4.90 Å². The third-order valence-corrected chi connectivity index (χ3v) is 11.1. The molecule has 7 aromatic carbocycles. The average Bonchev–Trinajstić information content (AvgIpc) is 3.86. The molecule has 1 aliphatic carbocycles. The zero-order valence-electron chi connectivity index (χ0n) is 29.7. The lowest BCUT2D eigenvalue weighted by Crippen LogP contribution is -2.16. The second-order valence-electron chi connectivity index (χ2n) is 14.6. The fourth-order valence-electron chi connectivity index (χ4n) is 8.50. The standard InChI is InChI=1S/C49H33N3O2/c1-49(2)39-21-11-9-18-34(39)35-26-24-32(28-40(35)49)52(31-16-7-4-8-17-31)33-25-27-36-43(29-33)53-42-23-13-20-38(44(36)42)48-50-45(30-14-5-3-6-15-30)47-46(51-48)37-19-10-12-22-41(37)54-47/h3-29H,1-2H3. The maximum atomic E-state index is 6.68. The monoisotopic (exact) mass is 695 g/mol. The Morgan fingerprint density at radius 2 is 1.17 bits per heavy atom. The van der Waals surface area contributed by atoms with E-state index < -0.39 is 0 Å². The van der Waals surface area contributed by atoms with Crippen molar-refractivity contribution in [2.45, 2.75) is 19.3 Å². The van der Waals surface area contributed by atoms with Crippen LogP contribution in [-0.2, 0) is 5.41 Å². The van der Waals surface area contributed by atoms with Gasteiger partial charge >= 0.3 is 0 Å². The Labute approximate surface area is 311 Å². The number of hydrogen-bond acceptors (Lipinski definition) is 5. The van der Waals surface area contributed by atoms with Crippen LogP contribution in [-0.4, -0.2) is 9.97 Å². The van der Waals surface area contributed by atoms with Crippen LogP contribution in [0.15, 0.2) is 173 Å². The first-order valence-electron chi connectivity index (χ1n) is 18.3. The minimum Gasteiger partial charge on any atom is -0.456 e. The highest BCUT2D eigenvalue weighted by Gasteiger charge is 2.35. The van der Waals surface area contributed by atoms with E-state index in [9.17, 15) is 0 Å². The van der Waals surface area contributed by atoms with Crippen molar-refractivity contribution in [2.75, 3.05) is 4.90 Å². The second-order valence-corrected chi connectivity index (χ2v) is 14.6. The van der Waals surface area contributed by atoms with Gasteiger partial charge in [0.2, 0.25) is 0 Å². The Morgan fingerprint density at radius 1 is 0.481 bits per heavy atom. The maximum Gasteiger partial charge on any atom is 0.180 e. The molecule has 0 unspecified atom stereocenters. The molecule has 0 radical (unpaired) electrons. The molecule has 11 rings (SSSR count). The van der Waals surface area contributed by atoms with Gasteiger partial charge in [-0.25, -0.2) is 9.97 Å². The number of nitrogens with zero attached hydrogens (tertiary/aromatic N) is 3. The first-order valence-corrected chi connectivity index (χ1v) is 18.3. The number of furan rings is 2. The summed E-state index contributed by atoms with van der Waals surface area (Å²) in [6.45, 7) is 4.65. The fourth-order valence-corrected chi connectivity index (χ4v) is 8.50. The van der Waals surface area contributed by atoms with Gasteiger partial charge < -0.3 is 13.7 Å². The molecule has 5 nitrogen and oxygen atoms in total. The molecule has 0 aliphatic heterocycles. The predicted octanol–water partition coefficient (Wildman–Crippen LogP) is 13.4. The molecule has 0 spiro atoms. The van der Waals surface area contributed by atoms with Crippen molar-refractivity contribution in [2.24, 2.45) is 0 Å². The summed E-state index contributed by atoms with van der Waals surface area (Å²) in [5.41, 5.74) is 14.8. The van der Waals surface area contributed by atoms with E-state index in [1.54, 1.807) is 0 Å². The largest absolute Gasteiger partial charge is 0.456 e. The highest BCUT2D eigenvalue weighted by Crippen LogP contribution is 2.51. The molecule has 0 saturated carbocycles. The zero-order valence-corrected chi connectivity index (χ0v) is 29.7. The van der Waals surface area contributed by atoms with Gasteiger partial charge in [0.25, 0.3) is 0 Å². The van der Waals surface area contributed by atoms with Crippen LogP contribution in [0.3, 0.4) is 0 Å². The van der Waals surface area contributed by atoms with Crippen molar-refractivity contribution >= 4 is 61.1 Å². The lowest BCUT2D eigenvalue weighted by molar-refractivity contribution is 0.660. The van der Waals surface area contributed by atoms with Gasteiger partial charge in [-0.05, 0) is 76.9 Å². The van der Waals surface area contributed by atoms with E-state index in [4.69, 9.17) is 18.8 Å². The molecule has 54 heavy (non-hydrogen) atoms. The second kappa shape index (κ2) is 11.5. The molecule has 0 saturated heterocycles. The fraction of sp³-hybridized carbons (Fsp3) is 0.0612. The third kappa shape index (κ3) is 4.51. The molecule has 0 fully saturated rings. The first kappa shape index (κ1) is 30.6. The number of anilines is 3. The smallest absolute Gasteiger partial charge is 0.180 e. The summed E-state index contributed by atoms with van der Waals surface area (Å²) in [4.78, 5) is 12.7. The molecule has 0 bridgehead atoms. The molecule has 3 heterocycles. The molecule has 256 valence electrons. The summed E-state index contributed by atoms with van der Waals surface area (Å²) >= 11 is 0. The molecular formula is C49H33N3O2. The number of hydrogen-bond donors (Lipinski definition) is 0. The summed E-state index contributed by atoms with van der Waals surface area (Å²) in [7, 11) is 0. The SMILES string of the molecule is CC1(C)c2ccccc2-c2ccc(N(c3ccccc3)c3ccc4c(c3)oc3cccc(-c5nc(-c6ccccc6)c6oc7ccccc7c6n5)c34)cc21. The van der Waals surface area contributed by atoms with Crippen LogP contribution in [0.5, 0.6) is 0 Å². The van der Waals surface area contributed by atoms with E-state index in [2.05, 4.69) is 134 Å². The van der Waals surface area contributed by atoms with Gasteiger partial charge in [0.15, 0.2) is 11.4 Å². The van der Waals surface area contributed by atoms with Gasteiger partial charge in [-0.2, -0.15) is 0 Å². The van der Waals surface area contributed by atoms with Crippen LogP contribution in [0, 0.1) is 0 Å². The van der Waals surface area contributed by atoms with E-state index >= 15 is 0 Å². The van der Waals surface area contributed by atoms with E-state index in [-0.39, 0.29) is 5.41 Å². The molecule has 10 aromatic rings. The van der Waals surface area contributed by atoms with Crippen molar-refractivity contribution in [1.29, 1.82) is 0 Å². The van der Waals surface area contributed by atoms with Crippen molar-refractivity contribution < 1.29 is 8.83 Å². The lowest BCUT2D eigenvalue weighted by atomic mass is 9.82.